The molecule has 0 bridgehead atoms. The lowest BCUT2D eigenvalue weighted by molar-refractivity contribution is -0.384. The minimum absolute atomic E-state index is 0.0264. The van der Waals surface area contributed by atoms with Gasteiger partial charge < -0.3 is 4.74 Å². The number of non-ortho nitro benzene ring substituents is 1. The van der Waals surface area contributed by atoms with Crippen LogP contribution < -0.4 is 9.46 Å². The van der Waals surface area contributed by atoms with E-state index in [1.165, 1.54) is 24.3 Å². The Bertz CT molecular complexity index is 697. The molecular weight excluding hydrogens is 369 g/mol. The molecule has 5 nitrogen and oxygen atoms in total. The van der Waals surface area contributed by atoms with E-state index >= 15 is 0 Å². The number of rotatable bonds is 3. The van der Waals surface area contributed by atoms with E-state index in [2.05, 4.69) is 17.5 Å². The van der Waals surface area contributed by atoms with Crippen LogP contribution >= 0.6 is 24.4 Å². The van der Waals surface area contributed by atoms with Gasteiger partial charge in [0, 0.05) is 12.1 Å². The number of ether oxygens (including phenoxy) is 1. The van der Waals surface area contributed by atoms with Gasteiger partial charge in [0.15, 0.2) is 0 Å². The number of hydrogen-bond donors (Lipinski definition) is 2. The number of nitrogens with one attached hydrogen (secondary N) is 1. The van der Waals surface area contributed by atoms with Crippen molar-refractivity contribution in [2.75, 3.05) is 7.05 Å². The molecule has 0 fully saturated rings. The molecular formula is C14H12ClF3N2O3S. The van der Waals surface area contributed by atoms with E-state index in [4.69, 9.17) is 16.3 Å². The fourth-order valence-electron chi connectivity index (χ4n) is 1.52. The summed E-state index contributed by atoms with van der Waals surface area (Å²) in [5.41, 5.74) is -1.01. The highest BCUT2D eigenvalue weighted by Crippen LogP contribution is 2.36. The molecule has 0 amide bonds. The number of nitrogens with zero attached hydrogens (tertiary/aromatic N) is 1. The second-order valence-electron chi connectivity index (χ2n) is 4.22. The second-order valence-corrected chi connectivity index (χ2v) is 5.07. The Hall–Kier alpha value is -1.97. The third kappa shape index (κ3) is 5.91. The van der Waals surface area contributed by atoms with E-state index in [0.717, 1.165) is 18.2 Å². The van der Waals surface area contributed by atoms with Crippen LogP contribution in [0.25, 0.3) is 0 Å². The fourth-order valence-corrected chi connectivity index (χ4v) is 1.74. The highest BCUT2D eigenvalue weighted by atomic mass is 35.5. The van der Waals surface area contributed by atoms with Crippen LogP contribution in [-0.4, -0.2) is 12.0 Å². The number of nitro groups is 1. The molecule has 10 heteroatoms. The van der Waals surface area contributed by atoms with Gasteiger partial charge in [0.25, 0.3) is 5.69 Å². The number of thiol groups is 1. The number of alkyl halides is 3. The van der Waals surface area contributed by atoms with Crippen LogP contribution in [0.15, 0.2) is 42.5 Å². The van der Waals surface area contributed by atoms with Gasteiger partial charge in [-0.05, 0) is 37.4 Å². The average Bonchev–Trinajstić information content (AvgIpc) is 2.49. The summed E-state index contributed by atoms with van der Waals surface area (Å²) in [7, 11) is 1.74. The molecule has 0 aliphatic carbocycles. The maximum absolute atomic E-state index is 12.5. The van der Waals surface area contributed by atoms with Crippen LogP contribution in [0.5, 0.6) is 11.5 Å². The molecule has 130 valence electrons. The lowest BCUT2D eigenvalue weighted by atomic mass is 10.2. The molecule has 0 spiro atoms. The lowest BCUT2D eigenvalue weighted by Crippen LogP contribution is -2.04. The zero-order valence-corrected chi connectivity index (χ0v) is 13.8. The second kappa shape index (κ2) is 8.76. The minimum atomic E-state index is -4.49. The van der Waals surface area contributed by atoms with Crippen molar-refractivity contribution in [2.45, 2.75) is 6.18 Å². The van der Waals surface area contributed by atoms with E-state index in [0.29, 0.717) is 0 Å². The van der Waals surface area contributed by atoms with Crippen molar-refractivity contribution in [1.82, 2.24) is 4.72 Å². The highest BCUT2D eigenvalue weighted by Gasteiger charge is 2.31. The first-order valence-corrected chi connectivity index (χ1v) is 7.11. The molecule has 2 aromatic rings. The van der Waals surface area contributed by atoms with E-state index in [1.807, 2.05) is 0 Å². The first-order valence-electron chi connectivity index (χ1n) is 6.29. The molecule has 0 saturated heterocycles. The summed E-state index contributed by atoms with van der Waals surface area (Å²) < 4.78 is 45.2. The van der Waals surface area contributed by atoms with Gasteiger partial charge in [-0.25, -0.2) is 0 Å². The van der Waals surface area contributed by atoms with Crippen LogP contribution in [0, 0.1) is 10.1 Å². The van der Waals surface area contributed by atoms with Crippen molar-refractivity contribution in [3.8, 4) is 11.5 Å². The first kappa shape index (κ1) is 20.1. The largest absolute Gasteiger partial charge is 0.456 e. The lowest BCUT2D eigenvalue weighted by Gasteiger charge is -2.11. The van der Waals surface area contributed by atoms with Crippen LogP contribution in [0.2, 0.25) is 5.02 Å². The first-order chi connectivity index (χ1) is 11.2. The highest BCUT2D eigenvalue weighted by molar-refractivity contribution is 7.78. The minimum Gasteiger partial charge on any atom is -0.456 e. The normalized spacial score (nSPS) is 10.6. The molecule has 24 heavy (non-hydrogen) atoms. The molecule has 0 unspecified atom stereocenters. The zero-order chi connectivity index (χ0) is 18.3. The maximum atomic E-state index is 12.5. The molecule has 1 N–H and O–H groups in total. The molecule has 0 aromatic heterocycles. The Morgan fingerprint density at radius 1 is 1.21 bits per heavy atom. The number of hydrogen-bond acceptors (Lipinski definition) is 5. The van der Waals surface area contributed by atoms with Crippen molar-refractivity contribution < 1.29 is 22.8 Å². The van der Waals surface area contributed by atoms with Gasteiger partial charge in [-0.2, -0.15) is 13.2 Å². The SMILES string of the molecule is CNS.O=[N+]([O-])c1ccc(Oc2ccc(C(F)(F)F)cc2Cl)cc1. The molecule has 0 saturated carbocycles. The zero-order valence-electron chi connectivity index (χ0n) is 12.2. The van der Waals surface area contributed by atoms with Gasteiger partial charge in [0.2, 0.25) is 0 Å². The van der Waals surface area contributed by atoms with Gasteiger partial charge in [0.05, 0.1) is 15.5 Å². The Morgan fingerprint density at radius 3 is 2.17 bits per heavy atom. The van der Waals surface area contributed by atoms with Crippen molar-refractivity contribution in [1.29, 1.82) is 0 Å². The third-order valence-corrected chi connectivity index (χ3v) is 2.83. The Morgan fingerprint density at radius 2 is 1.75 bits per heavy atom. The summed E-state index contributed by atoms with van der Waals surface area (Å²) in [6.07, 6.45) is -4.49. The van der Waals surface area contributed by atoms with E-state index in [9.17, 15) is 23.3 Å². The molecule has 2 aromatic carbocycles. The Balaban J connectivity index is 0.000000891. The summed E-state index contributed by atoms with van der Waals surface area (Å²) >= 11 is 9.27. The number of nitro benzene ring substituents is 1. The molecule has 0 radical (unpaired) electrons. The fraction of sp³-hybridized carbons (Fsp3) is 0.143. The van der Waals surface area contributed by atoms with Crippen molar-refractivity contribution >= 4 is 30.1 Å². The van der Waals surface area contributed by atoms with E-state index in [-0.39, 0.29) is 22.2 Å². The standard InChI is InChI=1S/C13H7ClF3NO3.CH5NS/c14-11-7-8(13(15,16)17)1-6-12(11)21-10-4-2-9(3-5-10)18(19)20;1-2-3/h1-7H;2-3H,1H3. The smallest absolute Gasteiger partial charge is 0.416 e. The van der Waals surface area contributed by atoms with Crippen LogP contribution in [0.4, 0.5) is 18.9 Å². The van der Waals surface area contributed by atoms with Crippen molar-refractivity contribution in [2.24, 2.45) is 0 Å². The molecule has 0 heterocycles. The molecule has 0 atom stereocenters. The van der Waals surface area contributed by atoms with Crippen LogP contribution in [-0.2, 0) is 6.18 Å². The summed E-state index contributed by atoms with van der Waals surface area (Å²) in [4.78, 5) is 9.92. The monoisotopic (exact) mass is 380 g/mol. The van der Waals surface area contributed by atoms with Gasteiger partial charge in [-0.1, -0.05) is 24.4 Å². The topological polar surface area (TPSA) is 64.4 Å². The number of halogens is 4. The molecule has 2 rings (SSSR count). The predicted molar refractivity (Wildman–Crippen MR) is 87.7 cm³/mol. The van der Waals surface area contributed by atoms with Crippen molar-refractivity contribution in [3.05, 3.63) is 63.2 Å². The molecule has 0 aliphatic heterocycles. The number of benzene rings is 2. The van der Waals surface area contributed by atoms with E-state index in [1.54, 1.807) is 7.05 Å². The van der Waals surface area contributed by atoms with Gasteiger partial charge >= 0.3 is 6.18 Å². The van der Waals surface area contributed by atoms with Gasteiger partial charge in [-0.15, -0.1) is 0 Å². The summed E-state index contributed by atoms with van der Waals surface area (Å²) in [5.74, 6) is 0.251. The summed E-state index contributed by atoms with van der Waals surface area (Å²) in [5, 5.41) is 10.3. The summed E-state index contributed by atoms with van der Waals surface area (Å²) in [6, 6.07) is 7.76. The molecule has 0 aliphatic rings. The third-order valence-electron chi connectivity index (χ3n) is 2.53. The summed E-state index contributed by atoms with van der Waals surface area (Å²) in [6.45, 7) is 0. The quantitative estimate of drug-likeness (QED) is 0.441. The average molecular weight is 381 g/mol. The van der Waals surface area contributed by atoms with Crippen molar-refractivity contribution in [3.63, 3.8) is 0 Å². The van der Waals surface area contributed by atoms with Gasteiger partial charge in [0.1, 0.15) is 11.5 Å². The van der Waals surface area contributed by atoms with E-state index < -0.39 is 16.7 Å². The predicted octanol–water partition coefficient (Wildman–Crippen LogP) is 5.11. The van der Waals surface area contributed by atoms with Crippen LogP contribution in [0.3, 0.4) is 0 Å². The maximum Gasteiger partial charge on any atom is 0.416 e. The Kier molecular flexibility index (Phi) is 7.33. The van der Waals surface area contributed by atoms with Crippen LogP contribution in [0.1, 0.15) is 5.56 Å². The Labute approximate surface area is 146 Å². The van der Waals surface area contributed by atoms with Gasteiger partial charge in [-0.3, -0.25) is 14.8 Å².